The van der Waals surface area contributed by atoms with Gasteiger partial charge in [-0.2, -0.15) is 0 Å². The summed E-state index contributed by atoms with van der Waals surface area (Å²) in [6.07, 6.45) is 1.02. The van der Waals surface area contributed by atoms with Crippen molar-refractivity contribution >= 4 is 0 Å². The van der Waals surface area contributed by atoms with Crippen molar-refractivity contribution in [1.29, 1.82) is 0 Å². The van der Waals surface area contributed by atoms with Crippen molar-refractivity contribution in [3.8, 4) is 5.75 Å². The van der Waals surface area contributed by atoms with E-state index >= 15 is 0 Å². The molecule has 0 aliphatic carbocycles. The Morgan fingerprint density at radius 3 is 2.69 bits per heavy atom. The zero-order valence-electron chi connectivity index (χ0n) is 10.0. The quantitative estimate of drug-likeness (QED) is 0.834. The molecule has 2 atom stereocenters. The van der Waals surface area contributed by atoms with Gasteiger partial charge in [-0.15, -0.1) is 0 Å². The van der Waals surface area contributed by atoms with Crippen LogP contribution in [0.15, 0.2) is 18.2 Å². The summed E-state index contributed by atoms with van der Waals surface area (Å²) in [4.78, 5) is 0. The minimum absolute atomic E-state index is 0.0239. The second kappa shape index (κ2) is 5.85. The van der Waals surface area contributed by atoms with Crippen molar-refractivity contribution in [2.45, 2.75) is 32.8 Å². The van der Waals surface area contributed by atoms with Gasteiger partial charge in [0.2, 0.25) is 0 Å². The van der Waals surface area contributed by atoms with Crippen LogP contribution in [0.2, 0.25) is 0 Å². The van der Waals surface area contributed by atoms with Crippen molar-refractivity contribution < 1.29 is 14.2 Å². The van der Waals surface area contributed by atoms with Crippen LogP contribution in [0, 0.1) is 11.7 Å². The van der Waals surface area contributed by atoms with E-state index in [4.69, 9.17) is 4.74 Å². The van der Waals surface area contributed by atoms with Gasteiger partial charge in [0.05, 0.1) is 18.8 Å². The fraction of sp³-hybridized carbons (Fsp3) is 0.538. The van der Waals surface area contributed by atoms with E-state index in [1.165, 1.54) is 13.2 Å². The van der Waals surface area contributed by atoms with Crippen molar-refractivity contribution in [3.63, 3.8) is 0 Å². The number of aliphatic hydroxyl groups excluding tert-OH is 1. The van der Waals surface area contributed by atoms with Crippen molar-refractivity contribution in [3.05, 3.63) is 29.6 Å². The van der Waals surface area contributed by atoms with Gasteiger partial charge in [-0.05, 0) is 24.5 Å². The highest BCUT2D eigenvalue weighted by Gasteiger charge is 2.22. The molecule has 1 N–H and O–H groups in total. The Hall–Kier alpha value is -1.09. The van der Waals surface area contributed by atoms with Crippen molar-refractivity contribution in [1.82, 2.24) is 0 Å². The lowest BCUT2D eigenvalue weighted by Crippen LogP contribution is -2.12. The standard InChI is InChI=1S/C13H19FO2/c1-4-6-9(2)13(15)12-10(14)7-5-8-11(12)16-3/h5,7-9,13,15H,4,6H2,1-3H3. The molecule has 0 aliphatic heterocycles. The van der Waals surface area contributed by atoms with E-state index < -0.39 is 11.9 Å². The molecule has 2 nitrogen and oxygen atoms in total. The molecule has 2 unspecified atom stereocenters. The summed E-state index contributed by atoms with van der Waals surface area (Å²) in [7, 11) is 1.48. The predicted molar refractivity (Wildman–Crippen MR) is 62.0 cm³/mol. The topological polar surface area (TPSA) is 29.5 Å². The number of benzene rings is 1. The number of hydrogen-bond donors (Lipinski definition) is 1. The van der Waals surface area contributed by atoms with Gasteiger partial charge in [0.25, 0.3) is 0 Å². The normalized spacial score (nSPS) is 14.6. The smallest absolute Gasteiger partial charge is 0.132 e. The largest absolute Gasteiger partial charge is 0.496 e. The van der Waals surface area contributed by atoms with Crippen molar-refractivity contribution in [2.24, 2.45) is 5.92 Å². The van der Waals surface area contributed by atoms with E-state index in [1.54, 1.807) is 12.1 Å². The zero-order valence-corrected chi connectivity index (χ0v) is 10.0. The molecule has 1 rings (SSSR count). The first-order chi connectivity index (χ1) is 7.61. The van der Waals surface area contributed by atoms with E-state index in [1.807, 2.05) is 13.8 Å². The summed E-state index contributed by atoms with van der Waals surface area (Å²) in [5.74, 6) is 0.0288. The fourth-order valence-electron chi connectivity index (χ4n) is 1.88. The maximum Gasteiger partial charge on any atom is 0.132 e. The molecule has 1 aromatic carbocycles. The molecule has 3 heteroatoms. The third-order valence-corrected chi connectivity index (χ3v) is 2.81. The summed E-state index contributed by atoms with van der Waals surface area (Å²) in [5.41, 5.74) is 0.269. The van der Waals surface area contributed by atoms with Crippen LogP contribution in [-0.2, 0) is 0 Å². The molecule has 0 heterocycles. The number of methoxy groups -OCH3 is 1. The third kappa shape index (κ3) is 2.73. The average Bonchev–Trinajstić information content (AvgIpc) is 2.28. The van der Waals surface area contributed by atoms with Crippen LogP contribution < -0.4 is 4.74 Å². The lowest BCUT2D eigenvalue weighted by atomic mass is 9.93. The summed E-state index contributed by atoms with van der Waals surface area (Å²) in [6.45, 7) is 3.96. The first kappa shape index (κ1) is 13.0. The summed E-state index contributed by atoms with van der Waals surface area (Å²) in [6, 6.07) is 4.59. The highest BCUT2D eigenvalue weighted by atomic mass is 19.1. The van der Waals surface area contributed by atoms with Gasteiger partial charge < -0.3 is 9.84 Å². The van der Waals surface area contributed by atoms with E-state index in [9.17, 15) is 9.50 Å². The number of hydrogen-bond acceptors (Lipinski definition) is 2. The number of rotatable bonds is 5. The summed E-state index contributed by atoms with van der Waals surface area (Å²) < 4.78 is 18.7. The number of halogens is 1. The minimum atomic E-state index is -0.809. The molecule has 0 aromatic heterocycles. The summed E-state index contributed by atoms with van der Waals surface area (Å²) >= 11 is 0. The summed E-state index contributed by atoms with van der Waals surface area (Å²) in [5, 5.41) is 10.1. The van der Waals surface area contributed by atoms with Gasteiger partial charge in [0, 0.05) is 0 Å². The molecular weight excluding hydrogens is 207 g/mol. The van der Waals surface area contributed by atoms with Gasteiger partial charge in [0.15, 0.2) is 0 Å². The van der Waals surface area contributed by atoms with Gasteiger partial charge >= 0.3 is 0 Å². The second-order valence-corrected chi connectivity index (χ2v) is 4.07. The number of aliphatic hydroxyl groups is 1. The van der Waals surface area contributed by atoms with Crippen LogP contribution >= 0.6 is 0 Å². The second-order valence-electron chi connectivity index (χ2n) is 4.07. The number of ether oxygens (including phenoxy) is 1. The Morgan fingerprint density at radius 1 is 1.44 bits per heavy atom. The molecule has 0 saturated carbocycles. The lowest BCUT2D eigenvalue weighted by molar-refractivity contribution is 0.105. The predicted octanol–water partition coefficient (Wildman–Crippen LogP) is 3.30. The molecule has 0 radical (unpaired) electrons. The first-order valence-corrected chi connectivity index (χ1v) is 5.62. The highest BCUT2D eigenvalue weighted by Crippen LogP contribution is 2.33. The molecule has 0 saturated heterocycles. The Balaban J connectivity index is 3.01. The van der Waals surface area contributed by atoms with Gasteiger partial charge in [0.1, 0.15) is 11.6 Å². The molecule has 0 spiro atoms. The zero-order chi connectivity index (χ0) is 12.1. The Morgan fingerprint density at radius 2 is 2.12 bits per heavy atom. The van der Waals surface area contributed by atoms with E-state index in [2.05, 4.69) is 0 Å². The van der Waals surface area contributed by atoms with Crippen LogP contribution in [0.5, 0.6) is 5.75 Å². The maximum absolute atomic E-state index is 13.6. The van der Waals surface area contributed by atoms with Crippen LogP contribution in [-0.4, -0.2) is 12.2 Å². The molecule has 0 fully saturated rings. The SMILES string of the molecule is CCCC(C)C(O)c1c(F)cccc1OC. The monoisotopic (exact) mass is 226 g/mol. The molecule has 0 aliphatic rings. The highest BCUT2D eigenvalue weighted by molar-refractivity contribution is 5.36. The average molecular weight is 226 g/mol. The van der Waals surface area contributed by atoms with E-state index in [0.29, 0.717) is 5.75 Å². The van der Waals surface area contributed by atoms with Crippen LogP contribution in [0.1, 0.15) is 38.4 Å². The Kier molecular flexibility index (Phi) is 4.74. The molecule has 0 amide bonds. The van der Waals surface area contributed by atoms with E-state index in [-0.39, 0.29) is 11.5 Å². The van der Waals surface area contributed by atoms with Gasteiger partial charge in [-0.1, -0.05) is 26.3 Å². The Labute approximate surface area is 96.1 Å². The van der Waals surface area contributed by atoms with E-state index in [0.717, 1.165) is 12.8 Å². The van der Waals surface area contributed by atoms with Gasteiger partial charge in [-0.3, -0.25) is 0 Å². The lowest BCUT2D eigenvalue weighted by Gasteiger charge is -2.21. The van der Waals surface area contributed by atoms with Crippen LogP contribution in [0.4, 0.5) is 4.39 Å². The van der Waals surface area contributed by atoms with Crippen LogP contribution in [0.25, 0.3) is 0 Å². The maximum atomic E-state index is 13.6. The fourth-order valence-corrected chi connectivity index (χ4v) is 1.88. The molecular formula is C13H19FO2. The molecule has 90 valence electrons. The molecule has 16 heavy (non-hydrogen) atoms. The van der Waals surface area contributed by atoms with Crippen molar-refractivity contribution in [2.75, 3.05) is 7.11 Å². The van der Waals surface area contributed by atoms with Crippen LogP contribution in [0.3, 0.4) is 0 Å². The molecule has 1 aromatic rings. The Bertz CT molecular complexity index is 339. The minimum Gasteiger partial charge on any atom is -0.496 e. The third-order valence-electron chi connectivity index (χ3n) is 2.81. The van der Waals surface area contributed by atoms with Gasteiger partial charge in [-0.25, -0.2) is 4.39 Å². The first-order valence-electron chi connectivity index (χ1n) is 5.62. The molecule has 0 bridgehead atoms.